The van der Waals surface area contributed by atoms with Crippen LogP contribution in [-0.4, -0.2) is 79.4 Å². The molecule has 2 saturated heterocycles. The van der Waals surface area contributed by atoms with Gasteiger partial charge in [0.2, 0.25) is 11.8 Å². The van der Waals surface area contributed by atoms with Gasteiger partial charge in [0.1, 0.15) is 11.9 Å². The maximum Gasteiger partial charge on any atom is 0.414 e. The lowest BCUT2D eigenvalue weighted by atomic mass is 10.2. The number of carboxylic acids is 1. The molecule has 2 fully saturated rings. The average Bonchev–Trinajstić information content (AvgIpc) is 2.94. The van der Waals surface area contributed by atoms with Gasteiger partial charge >= 0.3 is 12.1 Å². The van der Waals surface area contributed by atoms with Gasteiger partial charge in [-0.3, -0.25) is 24.3 Å². The Balaban J connectivity index is 1.61. The summed E-state index contributed by atoms with van der Waals surface area (Å²) in [4.78, 5) is 49.1. The fourth-order valence-electron chi connectivity index (χ4n) is 3.55. The van der Waals surface area contributed by atoms with Crippen LogP contribution >= 0.6 is 0 Å². The van der Waals surface area contributed by atoms with Crippen molar-refractivity contribution < 1.29 is 33.4 Å². The molecule has 0 saturated carbocycles. The zero-order valence-corrected chi connectivity index (χ0v) is 17.7. The Morgan fingerprint density at radius 2 is 2.03 bits per heavy atom. The number of carboxylic acid groups (broad SMARTS) is 1. The molecule has 11 nitrogen and oxygen atoms in total. The zero-order valence-electron chi connectivity index (χ0n) is 17.7. The second-order valence-corrected chi connectivity index (χ2v) is 7.52. The molecule has 1 aromatic carbocycles. The van der Waals surface area contributed by atoms with Gasteiger partial charge in [0.05, 0.1) is 37.4 Å². The molecule has 0 bridgehead atoms. The van der Waals surface area contributed by atoms with Crippen LogP contribution in [0.5, 0.6) is 0 Å². The van der Waals surface area contributed by atoms with Crippen LogP contribution in [0.3, 0.4) is 0 Å². The first-order chi connectivity index (χ1) is 15.2. The fourth-order valence-corrected chi connectivity index (χ4v) is 3.55. The largest absolute Gasteiger partial charge is 0.481 e. The van der Waals surface area contributed by atoms with Crippen molar-refractivity contribution >= 4 is 35.3 Å². The second kappa shape index (κ2) is 10.3. The SMILES string of the molecule is CC(=O)NC[C@H]1CN(c2ccc(N3CCNN(C(=O)CCC(=O)O)CC3)c(F)c2)C(=O)O1. The maximum atomic E-state index is 14.9. The molecule has 174 valence electrons. The molecule has 2 heterocycles. The van der Waals surface area contributed by atoms with Crippen molar-refractivity contribution in [2.24, 2.45) is 0 Å². The average molecular weight is 451 g/mol. The summed E-state index contributed by atoms with van der Waals surface area (Å²) in [7, 11) is 0. The summed E-state index contributed by atoms with van der Waals surface area (Å²) in [6.07, 6.45) is -1.49. The first-order valence-electron chi connectivity index (χ1n) is 10.3. The molecule has 32 heavy (non-hydrogen) atoms. The van der Waals surface area contributed by atoms with Crippen LogP contribution in [0.1, 0.15) is 19.8 Å². The fraction of sp³-hybridized carbons (Fsp3) is 0.500. The van der Waals surface area contributed by atoms with Gasteiger partial charge in [-0.1, -0.05) is 0 Å². The minimum Gasteiger partial charge on any atom is -0.481 e. The Morgan fingerprint density at radius 3 is 2.72 bits per heavy atom. The van der Waals surface area contributed by atoms with E-state index in [0.29, 0.717) is 31.0 Å². The summed E-state index contributed by atoms with van der Waals surface area (Å²) in [5.74, 6) is -2.12. The number of rotatable bonds is 7. The summed E-state index contributed by atoms with van der Waals surface area (Å²) in [6.45, 7) is 3.17. The summed E-state index contributed by atoms with van der Waals surface area (Å²) in [5.41, 5.74) is 3.62. The molecule has 1 atom stereocenters. The Labute approximate surface area is 184 Å². The van der Waals surface area contributed by atoms with Crippen LogP contribution in [0.4, 0.5) is 20.6 Å². The lowest BCUT2D eigenvalue weighted by Gasteiger charge is -2.24. The number of halogens is 1. The number of hydrazine groups is 1. The number of anilines is 2. The van der Waals surface area contributed by atoms with Crippen LogP contribution in [-0.2, 0) is 19.1 Å². The number of hydrogen-bond acceptors (Lipinski definition) is 7. The van der Waals surface area contributed by atoms with E-state index < -0.39 is 24.0 Å². The number of carbonyl (C=O) groups excluding carboxylic acids is 3. The number of amides is 3. The van der Waals surface area contributed by atoms with E-state index in [1.54, 1.807) is 17.0 Å². The van der Waals surface area contributed by atoms with Crippen molar-refractivity contribution in [1.29, 1.82) is 0 Å². The summed E-state index contributed by atoms with van der Waals surface area (Å²) in [5, 5.41) is 12.7. The monoisotopic (exact) mass is 451 g/mol. The highest BCUT2D eigenvalue weighted by Gasteiger charge is 2.33. The molecule has 12 heteroatoms. The van der Waals surface area contributed by atoms with Gasteiger partial charge in [0, 0.05) is 33.0 Å². The number of benzene rings is 1. The number of carbonyl (C=O) groups is 4. The molecule has 3 N–H and O–H groups in total. The van der Waals surface area contributed by atoms with Gasteiger partial charge < -0.3 is 20.1 Å². The molecular formula is C20H26FN5O6. The molecule has 1 aromatic rings. The van der Waals surface area contributed by atoms with E-state index in [9.17, 15) is 23.6 Å². The van der Waals surface area contributed by atoms with Crippen molar-refractivity contribution in [3.8, 4) is 0 Å². The van der Waals surface area contributed by atoms with Gasteiger partial charge in [0.25, 0.3) is 0 Å². The minimum absolute atomic E-state index is 0.111. The van der Waals surface area contributed by atoms with E-state index in [1.165, 1.54) is 22.9 Å². The van der Waals surface area contributed by atoms with Crippen LogP contribution in [0, 0.1) is 5.82 Å². The normalized spacial score (nSPS) is 18.9. The third-order valence-electron chi connectivity index (χ3n) is 5.17. The van der Waals surface area contributed by atoms with Crippen LogP contribution in [0.25, 0.3) is 0 Å². The van der Waals surface area contributed by atoms with Crippen LogP contribution in [0.15, 0.2) is 18.2 Å². The zero-order chi connectivity index (χ0) is 23.3. The topological polar surface area (TPSA) is 132 Å². The van der Waals surface area contributed by atoms with E-state index >= 15 is 0 Å². The Hall–Kier alpha value is -3.41. The smallest absolute Gasteiger partial charge is 0.414 e. The van der Waals surface area contributed by atoms with Gasteiger partial charge in [-0.25, -0.2) is 14.6 Å². The van der Waals surface area contributed by atoms with E-state index in [1.807, 2.05) is 0 Å². The van der Waals surface area contributed by atoms with Crippen molar-refractivity contribution in [3.05, 3.63) is 24.0 Å². The summed E-state index contributed by atoms with van der Waals surface area (Å²) < 4.78 is 20.1. The molecule has 2 aliphatic heterocycles. The predicted molar refractivity (Wildman–Crippen MR) is 111 cm³/mol. The van der Waals surface area contributed by atoms with Crippen molar-refractivity contribution in [3.63, 3.8) is 0 Å². The minimum atomic E-state index is -1.04. The first kappa shape index (κ1) is 23.3. The van der Waals surface area contributed by atoms with Gasteiger partial charge in [-0.15, -0.1) is 0 Å². The highest BCUT2D eigenvalue weighted by molar-refractivity contribution is 5.90. The third kappa shape index (κ3) is 5.84. The van der Waals surface area contributed by atoms with Crippen LogP contribution in [0.2, 0.25) is 0 Å². The van der Waals surface area contributed by atoms with E-state index in [-0.39, 0.29) is 44.3 Å². The highest BCUT2D eigenvalue weighted by atomic mass is 19.1. The van der Waals surface area contributed by atoms with E-state index in [4.69, 9.17) is 9.84 Å². The first-order valence-corrected chi connectivity index (χ1v) is 10.3. The van der Waals surface area contributed by atoms with Crippen molar-refractivity contribution in [1.82, 2.24) is 15.8 Å². The molecule has 3 rings (SSSR count). The summed E-state index contributed by atoms with van der Waals surface area (Å²) >= 11 is 0. The third-order valence-corrected chi connectivity index (χ3v) is 5.17. The number of nitrogens with one attached hydrogen (secondary N) is 2. The summed E-state index contributed by atoms with van der Waals surface area (Å²) in [6, 6.07) is 4.45. The van der Waals surface area contributed by atoms with Gasteiger partial charge in [-0.05, 0) is 18.2 Å². The Bertz CT molecular complexity index is 897. The van der Waals surface area contributed by atoms with Crippen molar-refractivity contribution in [2.75, 3.05) is 49.1 Å². The number of ether oxygens (including phenoxy) is 1. The van der Waals surface area contributed by atoms with Crippen LogP contribution < -0.4 is 20.5 Å². The number of cyclic esters (lactones) is 1. The second-order valence-electron chi connectivity index (χ2n) is 7.52. The van der Waals surface area contributed by atoms with E-state index in [2.05, 4.69) is 10.7 Å². The standard InChI is InChI=1S/C20H26FN5O6/c1-13(27)22-11-15-12-25(20(31)32-15)14-2-3-17(16(21)10-14)24-7-6-23-26(9-8-24)18(28)4-5-19(29)30/h2-3,10,15,23H,4-9,11-12H2,1H3,(H,22,27)(H,29,30)/t15-/m0/s1. The quantitative estimate of drug-likeness (QED) is 0.540. The Morgan fingerprint density at radius 1 is 1.25 bits per heavy atom. The van der Waals surface area contributed by atoms with Gasteiger partial charge in [-0.2, -0.15) is 0 Å². The highest BCUT2D eigenvalue weighted by Crippen LogP contribution is 2.28. The molecule has 0 spiro atoms. The van der Waals surface area contributed by atoms with Gasteiger partial charge in [0.15, 0.2) is 0 Å². The lowest BCUT2D eigenvalue weighted by molar-refractivity contribution is -0.141. The predicted octanol–water partition coefficient (Wildman–Crippen LogP) is 0.305. The molecule has 0 unspecified atom stereocenters. The molecule has 3 amide bonds. The Kier molecular flexibility index (Phi) is 7.46. The molecular weight excluding hydrogens is 425 g/mol. The molecule has 0 radical (unpaired) electrons. The molecule has 0 aliphatic carbocycles. The lowest BCUT2D eigenvalue weighted by Crippen LogP contribution is -2.43. The molecule has 0 aromatic heterocycles. The van der Waals surface area contributed by atoms with E-state index in [0.717, 1.165) is 0 Å². The maximum absolute atomic E-state index is 14.9. The van der Waals surface area contributed by atoms with Crippen molar-refractivity contribution in [2.45, 2.75) is 25.9 Å². The number of aliphatic carboxylic acids is 1. The number of hydrogen-bond donors (Lipinski definition) is 3. The molecule has 2 aliphatic rings. The number of nitrogens with zero attached hydrogens (tertiary/aromatic N) is 3.